The van der Waals surface area contributed by atoms with Crippen molar-refractivity contribution < 1.29 is 9.53 Å². The standard InChI is InChI=1S/C10H18N2O2/c1-8(10(13)11-2)12-7-9-5-3-4-6-14-9/h4,6,8-9,12H,3,5,7H2,1-2H3,(H,11,13). The second-order valence-electron chi connectivity index (χ2n) is 3.45. The lowest BCUT2D eigenvalue weighted by Gasteiger charge is -2.21. The number of likely N-dealkylation sites (N-methyl/N-ethyl adjacent to an activating group) is 1. The molecule has 1 rings (SSSR count). The van der Waals surface area contributed by atoms with Crippen LogP contribution >= 0.6 is 0 Å². The largest absolute Gasteiger partial charge is 0.497 e. The highest BCUT2D eigenvalue weighted by Crippen LogP contribution is 2.08. The Kier molecular flexibility index (Phi) is 4.46. The van der Waals surface area contributed by atoms with Crippen LogP contribution < -0.4 is 10.6 Å². The molecule has 0 spiro atoms. The molecule has 4 nitrogen and oxygen atoms in total. The van der Waals surface area contributed by atoms with E-state index in [4.69, 9.17) is 4.74 Å². The van der Waals surface area contributed by atoms with E-state index in [-0.39, 0.29) is 18.1 Å². The summed E-state index contributed by atoms with van der Waals surface area (Å²) in [5.41, 5.74) is 0. The third-order valence-corrected chi connectivity index (χ3v) is 2.31. The quantitative estimate of drug-likeness (QED) is 0.687. The summed E-state index contributed by atoms with van der Waals surface area (Å²) in [5.74, 6) is 0.0105. The van der Waals surface area contributed by atoms with Gasteiger partial charge >= 0.3 is 0 Å². The highest BCUT2D eigenvalue weighted by molar-refractivity contribution is 5.80. The van der Waals surface area contributed by atoms with Crippen molar-refractivity contribution in [3.05, 3.63) is 12.3 Å². The van der Waals surface area contributed by atoms with E-state index in [1.807, 2.05) is 13.0 Å². The smallest absolute Gasteiger partial charge is 0.236 e. The Bertz CT molecular complexity index is 216. The highest BCUT2D eigenvalue weighted by Gasteiger charge is 2.15. The van der Waals surface area contributed by atoms with Crippen molar-refractivity contribution in [3.63, 3.8) is 0 Å². The first-order valence-corrected chi connectivity index (χ1v) is 4.99. The molecule has 80 valence electrons. The van der Waals surface area contributed by atoms with Gasteiger partial charge in [0.05, 0.1) is 12.3 Å². The van der Waals surface area contributed by atoms with Crippen LogP contribution in [0, 0.1) is 0 Å². The molecular weight excluding hydrogens is 180 g/mol. The summed E-state index contributed by atoms with van der Waals surface area (Å²) in [6, 6.07) is -0.158. The predicted molar refractivity (Wildman–Crippen MR) is 54.8 cm³/mol. The predicted octanol–water partition coefficient (Wildman–Crippen LogP) is 0.403. The van der Waals surface area contributed by atoms with Gasteiger partial charge in [0.25, 0.3) is 0 Å². The van der Waals surface area contributed by atoms with Gasteiger partial charge in [0.1, 0.15) is 6.10 Å². The maximum absolute atomic E-state index is 11.2. The lowest BCUT2D eigenvalue weighted by molar-refractivity contribution is -0.122. The van der Waals surface area contributed by atoms with E-state index < -0.39 is 0 Å². The summed E-state index contributed by atoms with van der Waals surface area (Å²) in [6.07, 6.45) is 6.02. The van der Waals surface area contributed by atoms with E-state index in [0.717, 1.165) is 19.4 Å². The molecule has 2 N–H and O–H groups in total. The molecular formula is C10H18N2O2. The lowest BCUT2D eigenvalue weighted by atomic mass is 10.1. The van der Waals surface area contributed by atoms with E-state index in [1.165, 1.54) is 0 Å². The summed E-state index contributed by atoms with van der Waals surface area (Å²) in [4.78, 5) is 11.2. The van der Waals surface area contributed by atoms with Crippen molar-refractivity contribution in [1.29, 1.82) is 0 Å². The van der Waals surface area contributed by atoms with E-state index in [2.05, 4.69) is 10.6 Å². The Hall–Kier alpha value is -1.03. The first-order chi connectivity index (χ1) is 6.74. The van der Waals surface area contributed by atoms with Crippen molar-refractivity contribution in [2.45, 2.75) is 31.9 Å². The number of nitrogens with one attached hydrogen (secondary N) is 2. The molecule has 1 aliphatic rings. The fourth-order valence-corrected chi connectivity index (χ4v) is 1.35. The molecule has 0 aromatic rings. The average molecular weight is 198 g/mol. The Morgan fingerprint density at radius 2 is 2.50 bits per heavy atom. The van der Waals surface area contributed by atoms with Gasteiger partial charge in [-0.3, -0.25) is 4.79 Å². The molecule has 0 aliphatic carbocycles. The molecule has 0 fully saturated rings. The number of rotatable bonds is 4. The van der Waals surface area contributed by atoms with Crippen LogP contribution in [0.15, 0.2) is 12.3 Å². The van der Waals surface area contributed by atoms with Crippen molar-refractivity contribution in [1.82, 2.24) is 10.6 Å². The van der Waals surface area contributed by atoms with Gasteiger partial charge in [-0.25, -0.2) is 0 Å². The number of ether oxygens (including phenoxy) is 1. The van der Waals surface area contributed by atoms with Crippen LogP contribution in [0.25, 0.3) is 0 Å². The van der Waals surface area contributed by atoms with Crippen molar-refractivity contribution >= 4 is 5.91 Å². The molecule has 0 bridgehead atoms. The Balaban J connectivity index is 2.19. The minimum atomic E-state index is -0.158. The van der Waals surface area contributed by atoms with Crippen LogP contribution in [0.3, 0.4) is 0 Å². The average Bonchev–Trinajstić information content (AvgIpc) is 2.26. The molecule has 0 radical (unpaired) electrons. The molecule has 0 saturated heterocycles. The fourth-order valence-electron chi connectivity index (χ4n) is 1.35. The van der Waals surface area contributed by atoms with Crippen LogP contribution in [-0.4, -0.2) is 31.6 Å². The Labute approximate surface area is 84.7 Å². The normalized spacial score (nSPS) is 22.6. The number of hydrogen-bond acceptors (Lipinski definition) is 3. The number of amides is 1. The SMILES string of the molecule is CNC(=O)C(C)NCC1CCC=CO1. The maximum Gasteiger partial charge on any atom is 0.236 e. The summed E-state index contributed by atoms with van der Waals surface area (Å²) in [7, 11) is 1.64. The molecule has 1 heterocycles. The number of carbonyl (C=O) groups is 1. The van der Waals surface area contributed by atoms with E-state index in [9.17, 15) is 4.79 Å². The van der Waals surface area contributed by atoms with Crippen LogP contribution in [0.5, 0.6) is 0 Å². The number of allylic oxidation sites excluding steroid dienone is 1. The summed E-state index contributed by atoms with van der Waals surface area (Å²) >= 11 is 0. The zero-order valence-electron chi connectivity index (χ0n) is 8.75. The molecule has 0 aromatic heterocycles. The Morgan fingerprint density at radius 1 is 1.71 bits per heavy atom. The maximum atomic E-state index is 11.2. The van der Waals surface area contributed by atoms with Gasteiger partial charge in [-0.15, -0.1) is 0 Å². The fraction of sp³-hybridized carbons (Fsp3) is 0.700. The van der Waals surface area contributed by atoms with Crippen LogP contribution in [0.4, 0.5) is 0 Å². The van der Waals surface area contributed by atoms with Gasteiger partial charge in [-0.05, 0) is 25.8 Å². The monoisotopic (exact) mass is 198 g/mol. The molecule has 14 heavy (non-hydrogen) atoms. The zero-order valence-corrected chi connectivity index (χ0v) is 8.75. The minimum absolute atomic E-state index is 0.0105. The third kappa shape index (κ3) is 3.38. The van der Waals surface area contributed by atoms with E-state index in [1.54, 1.807) is 13.3 Å². The van der Waals surface area contributed by atoms with Gasteiger partial charge in [-0.1, -0.05) is 0 Å². The summed E-state index contributed by atoms with van der Waals surface area (Å²) in [6.45, 7) is 2.57. The summed E-state index contributed by atoms with van der Waals surface area (Å²) in [5, 5.41) is 5.73. The van der Waals surface area contributed by atoms with Crippen molar-refractivity contribution in [2.24, 2.45) is 0 Å². The highest BCUT2D eigenvalue weighted by atomic mass is 16.5. The first kappa shape index (κ1) is 11.0. The topological polar surface area (TPSA) is 50.4 Å². The lowest BCUT2D eigenvalue weighted by Crippen LogP contribution is -2.44. The molecule has 4 heteroatoms. The van der Waals surface area contributed by atoms with E-state index in [0.29, 0.717) is 0 Å². The van der Waals surface area contributed by atoms with Crippen LogP contribution in [0.2, 0.25) is 0 Å². The summed E-state index contributed by atoms with van der Waals surface area (Å²) < 4.78 is 5.37. The van der Waals surface area contributed by atoms with Crippen LogP contribution in [0.1, 0.15) is 19.8 Å². The van der Waals surface area contributed by atoms with E-state index >= 15 is 0 Å². The molecule has 0 aromatic carbocycles. The molecule has 1 aliphatic heterocycles. The zero-order chi connectivity index (χ0) is 10.4. The number of carbonyl (C=O) groups excluding carboxylic acids is 1. The van der Waals surface area contributed by atoms with Gasteiger partial charge in [0.2, 0.25) is 5.91 Å². The van der Waals surface area contributed by atoms with Gasteiger partial charge in [-0.2, -0.15) is 0 Å². The van der Waals surface area contributed by atoms with Crippen molar-refractivity contribution in [3.8, 4) is 0 Å². The first-order valence-electron chi connectivity index (χ1n) is 4.99. The van der Waals surface area contributed by atoms with Crippen LogP contribution in [-0.2, 0) is 9.53 Å². The van der Waals surface area contributed by atoms with Gasteiger partial charge in [0, 0.05) is 13.6 Å². The van der Waals surface area contributed by atoms with Crippen molar-refractivity contribution in [2.75, 3.05) is 13.6 Å². The third-order valence-electron chi connectivity index (χ3n) is 2.31. The molecule has 2 unspecified atom stereocenters. The van der Waals surface area contributed by atoms with Gasteiger partial charge in [0.15, 0.2) is 0 Å². The Morgan fingerprint density at radius 3 is 3.07 bits per heavy atom. The second-order valence-corrected chi connectivity index (χ2v) is 3.45. The molecule has 1 amide bonds. The molecule has 2 atom stereocenters. The number of hydrogen-bond donors (Lipinski definition) is 2. The second kappa shape index (κ2) is 5.65. The van der Waals surface area contributed by atoms with Gasteiger partial charge < -0.3 is 15.4 Å². The molecule has 0 saturated carbocycles. The minimum Gasteiger partial charge on any atom is -0.497 e.